The maximum atomic E-state index is 13.8. The van der Waals surface area contributed by atoms with Gasteiger partial charge in [0.2, 0.25) is 5.78 Å². The Hall–Kier alpha value is -2.05. The van der Waals surface area contributed by atoms with Crippen LogP contribution in [0.5, 0.6) is 0 Å². The van der Waals surface area contributed by atoms with Gasteiger partial charge in [0.1, 0.15) is 5.82 Å². The molecule has 7 heteroatoms. The van der Waals surface area contributed by atoms with Crippen LogP contribution < -0.4 is 0 Å². The molecule has 110 valence electrons. The summed E-state index contributed by atoms with van der Waals surface area (Å²) in [4.78, 5) is 4.46. The van der Waals surface area contributed by atoms with E-state index in [0.29, 0.717) is 22.1 Å². The van der Waals surface area contributed by atoms with E-state index in [1.54, 1.807) is 12.1 Å². The molecule has 0 aliphatic heterocycles. The zero-order valence-electron chi connectivity index (χ0n) is 11.3. The SMILES string of the molecule is Fc1cccc(Cl)c1CSc1n[nH]c2nc3ccccc3n12. The topological polar surface area (TPSA) is 46.0 Å². The van der Waals surface area contributed by atoms with Gasteiger partial charge in [-0.1, -0.05) is 41.6 Å². The third kappa shape index (κ3) is 2.15. The molecule has 1 N–H and O–H groups in total. The summed E-state index contributed by atoms with van der Waals surface area (Å²) in [6.07, 6.45) is 0. The van der Waals surface area contributed by atoms with Gasteiger partial charge in [0.15, 0.2) is 5.16 Å². The summed E-state index contributed by atoms with van der Waals surface area (Å²) in [6.45, 7) is 0. The van der Waals surface area contributed by atoms with Gasteiger partial charge in [-0.2, -0.15) is 0 Å². The first-order valence-electron chi connectivity index (χ1n) is 6.61. The molecule has 0 spiro atoms. The molecule has 0 atom stereocenters. The number of thioether (sulfide) groups is 1. The van der Waals surface area contributed by atoms with Crippen LogP contribution in [0.25, 0.3) is 16.8 Å². The summed E-state index contributed by atoms with van der Waals surface area (Å²) >= 11 is 7.47. The lowest BCUT2D eigenvalue weighted by atomic mass is 10.2. The van der Waals surface area contributed by atoms with Crippen LogP contribution in [0.3, 0.4) is 0 Å². The molecule has 4 aromatic rings. The van der Waals surface area contributed by atoms with E-state index in [1.807, 2.05) is 28.7 Å². The highest BCUT2D eigenvalue weighted by atomic mass is 35.5. The quantitative estimate of drug-likeness (QED) is 0.569. The third-order valence-corrected chi connectivity index (χ3v) is 4.73. The van der Waals surface area contributed by atoms with Crippen molar-refractivity contribution in [3.63, 3.8) is 0 Å². The van der Waals surface area contributed by atoms with Crippen LogP contribution in [0, 0.1) is 5.82 Å². The van der Waals surface area contributed by atoms with E-state index < -0.39 is 0 Å². The summed E-state index contributed by atoms with van der Waals surface area (Å²) in [5.41, 5.74) is 2.34. The van der Waals surface area contributed by atoms with E-state index in [0.717, 1.165) is 16.2 Å². The van der Waals surface area contributed by atoms with E-state index in [4.69, 9.17) is 11.6 Å². The highest BCUT2D eigenvalue weighted by Crippen LogP contribution is 2.29. The molecule has 0 aliphatic rings. The first-order chi connectivity index (χ1) is 10.7. The first kappa shape index (κ1) is 13.6. The fraction of sp³-hybridized carbons (Fsp3) is 0.0667. The van der Waals surface area contributed by atoms with E-state index >= 15 is 0 Å². The van der Waals surface area contributed by atoms with Gasteiger partial charge >= 0.3 is 0 Å². The number of rotatable bonds is 3. The smallest absolute Gasteiger partial charge is 0.231 e. The van der Waals surface area contributed by atoms with Crippen molar-refractivity contribution in [1.82, 2.24) is 19.6 Å². The Balaban J connectivity index is 1.73. The normalized spacial score (nSPS) is 11.5. The molecule has 0 amide bonds. The Labute approximate surface area is 134 Å². The van der Waals surface area contributed by atoms with Crippen molar-refractivity contribution in [2.45, 2.75) is 10.9 Å². The number of para-hydroxylation sites is 2. The molecular weight excluding hydrogens is 323 g/mol. The summed E-state index contributed by atoms with van der Waals surface area (Å²) in [6, 6.07) is 12.5. The number of hydrogen-bond acceptors (Lipinski definition) is 3. The Morgan fingerprint density at radius 2 is 2.05 bits per heavy atom. The number of aromatic nitrogens is 4. The Morgan fingerprint density at radius 1 is 1.18 bits per heavy atom. The lowest BCUT2D eigenvalue weighted by molar-refractivity contribution is 0.617. The largest absolute Gasteiger partial charge is 0.254 e. The van der Waals surface area contributed by atoms with Gasteiger partial charge in [-0.15, -0.1) is 5.10 Å². The lowest BCUT2D eigenvalue weighted by Gasteiger charge is -2.04. The van der Waals surface area contributed by atoms with Crippen molar-refractivity contribution < 1.29 is 4.39 Å². The van der Waals surface area contributed by atoms with Crippen LogP contribution in [0.2, 0.25) is 5.02 Å². The van der Waals surface area contributed by atoms with Gasteiger partial charge in [0.05, 0.1) is 11.0 Å². The minimum atomic E-state index is -0.303. The fourth-order valence-electron chi connectivity index (χ4n) is 2.35. The number of halogens is 2. The predicted molar refractivity (Wildman–Crippen MR) is 85.8 cm³/mol. The first-order valence-corrected chi connectivity index (χ1v) is 7.97. The molecule has 2 aromatic carbocycles. The summed E-state index contributed by atoms with van der Waals surface area (Å²) < 4.78 is 15.8. The van der Waals surface area contributed by atoms with Crippen LogP contribution in [0.1, 0.15) is 5.56 Å². The zero-order chi connectivity index (χ0) is 15.1. The van der Waals surface area contributed by atoms with E-state index in [1.165, 1.54) is 17.8 Å². The maximum Gasteiger partial charge on any atom is 0.231 e. The van der Waals surface area contributed by atoms with Gasteiger partial charge in [-0.3, -0.25) is 4.40 Å². The zero-order valence-corrected chi connectivity index (χ0v) is 12.8. The molecule has 0 saturated heterocycles. The van der Waals surface area contributed by atoms with Gasteiger partial charge in [0, 0.05) is 16.3 Å². The standard InChI is InChI=1S/C15H10ClFN4S/c16-10-4-3-5-11(17)9(10)8-22-15-20-19-14-18-12-6-1-2-7-13(12)21(14)15/h1-7H,8H2,(H,18,19). The molecule has 0 radical (unpaired) electrons. The Bertz CT molecular complexity index is 958. The van der Waals surface area contributed by atoms with Crippen LogP contribution in [-0.4, -0.2) is 19.6 Å². The summed E-state index contributed by atoms with van der Waals surface area (Å²) in [5, 5.41) is 8.30. The molecular formula is C15H10ClFN4S. The molecule has 2 heterocycles. The van der Waals surface area contributed by atoms with Crippen molar-refractivity contribution in [1.29, 1.82) is 0 Å². The number of nitrogens with one attached hydrogen (secondary N) is 1. The number of hydrogen-bond donors (Lipinski definition) is 1. The Morgan fingerprint density at radius 3 is 2.91 bits per heavy atom. The summed E-state index contributed by atoms with van der Waals surface area (Å²) in [5.74, 6) is 0.767. The summed E-state index contributed by atoms with van der Waals surface area (Å²) in [7, 11) is 0. The molecule has 4 nitrogen and oxygen atoms in total. The molecule has 0 aliphatic carbocycles. The predicted octanol–water partition coefficient (Wildman–Crippen LogP) is 4.30. The van der Waals surface area contributed by atoms with Gasteiger partial charge in [-0.25, -0.2) is 14.5 Å². The number of benzene rings is 2. The molecule has 0 bridgehead atoms. The molecule has 2 aromatic heterocycles. The van der Waals surface area contributed by atoms with E-state index in [9.17, 15) is 4.39 Å². The van der Waals surface area contributed by atoms with Crippen LogP contribution in [0.15, 0.2) is 47.6 Å². The van der Waals surface area contributed by atoms with Crippen molar-refractivity contribution in [3.8, 4) is 0 Å². The minimum absolute atomic E-state index is 0.303. The van der Waals surface area contributed by atoms with E-state index in [2.05, 4.69) is 15.2 Å². The molecule has 0 unspecified atom stereocenters. The van der Waals surface area contributed by atoms with Crippen molar-refractivity contribution in [3.05, 3.63) is 58.9 Å². The lowest BCUT2D eigenvalue weighted by Crippen LogP contribution is -1.91. The van der Waals surface area contributed by atoms with E-state index in [-0.39, 0.29) is 5.82 Å². The molecule has 0 fully saturated rings. The van der Waals surface area contributed by atoms with Crippen LogP contribution in [0.4, 0.5) is 4.39 Å². The van der Waals surface area contributed by atoms with Crippen molar-refractivity contribution in [2.24, 2.45) is 0 Å². The molecule has 4 rings (SSSR count). The number of fused-ring (bicyclic) bond motifs is 3. The molecule has 0 saturated carbocycles. The Kier molecular flexibility index (Phi) is 3.28. The van der Waals surface area contributed by atoms with Crippen LogP contribution >= 0.6 is 23.4 Å². The average molecular weight is 333 g/mol. The number of aromatic amines is 1. The van der Waals surface area contributed by atoms with Crippen LogP contribution in [-0.2, 0) is 5.75 Å². The molecule has 22 heavy (non-hydrogen) atoms. The highest BCUT2D eigenvalue weighted by molar-refractivity contribution is 7.98. The monoisotopic (exact) mass is 332 g/mol. The number of imidazole rings is 1. The fourth-order valence-corrected chi connectivity index (χ4v) is 3.65. The average Bonchev–Trinajstić information content (AvgIpc) is 3.06. The number of nitrogens with zero attached hydrogens (tertiary/aromatic N) is 3. The van der Waals surface area contributed by atoms with Crippen molar-refractivity contribution >= 4 is 40.2 Å². The minimum Gasteiger partial charge on any atom is -0.254 e. The third-order valence-electron chi connectivity index (χ3n) is 3.41. The number of H-pyrrole nitrogens is 1. The second kappa shape index (κ2) is 5.30. The van der Waals surface area contributed by atoms with Gasteiger partial charge in [0.25, 0.3) is 0 Å². The second-order valence-corrected chi connectivity index (χ2v) is 6.10. The second-order valence-electron chi connectivity index (χ2n) is 4.75. The highest BCUT2D eigenvalue weighted by Gasteiger charge is 2.14. The van der Waals surface area contributed by atoms with Gasteiger partial charge in [-0.05, 0) is 24.3 Å². The maximum absolute atomic E-state index is 13.8. The van der Waals surface area contributed by atoms with Crippen molar-refractivity contribution in [2.75, 3.05) is 0 Å². The van der Waals surface area contributed by atoms with Gasteiger partial charge < -0.3 is 0 Å².